The quantitative estimate of drug-likeness (QED) is 0.253. The summed E-state index contributed by atoms with van der Waals surface area (Å²) in [5.74, 6) is -0.936. The zero-order valence-electron chi connectivity index (χ0n) is 19.0. The third-order valence-electron chi connectivity index (χ3n) is 6.16. The number of hydrogen-bond acceptors (Lipinski definition) is 5. The third-order valence-corrected chi connectivity index (χ3v) is 6.16. The van der Waals surface area contributed by atoms with Crippen molar-refractivity contribution < 1.29 is 46.1 Å². The fourth-order valence-electron chi connectivity index (χ4n) is 4.32. The summed E-state index contributed by atoms with van der Waals surface area (Å²) in [5.41, 5.74) is -4.03. The molecule has 2 N–H and O–H groups in total. The molecule has 1 aromatic heterocycles. The summed E-state index contributed by atoms with van der Waals surface area (Å²) in [7, 11) is 0. The largest absolute Gasteiger partial charge is 0.433 e. The lowest BCUT2D eigenvalue weighted by molar-refractivity contribution is -0.142. The highest BCUT2D eigenvalue weighted by atomic mass is 19.4. The van der Waals surface area contributed by atoms with Crippen LogP contribution in [-0.2, 0) is 12.4 Å². The lowest BCUT2D eigenvalue weighted by atomic mass is 9.94. The van der Waals surface area contributed by atoms with Crippen molar-refractivity contribution in [2.45, 2.75) is 43.8 Å². The Bertz CT molecular complexity index is 1320. The molecule has 0 spiro atoms. The summed E-state index contributed by atoms with van der Waals surface area (Å²) in [6.45, 7) is 0.0144. The number of imide groups is 1. The van der Waals surface area contributed by atoms with Crippen LogP contribution in [0.15, 0.2) is 48.5 Å². The molecule has 6 nitrogen and oxygen atoms in total. The number of carbonyl (C=O) groups is 2. The van der Waals surface area contributed by atoms with Crippen LogP contribution in [0.25, 0.3) is 10.9 Å². The zero-order chi connectivity index (χ0) is 27.1. The van der Waals surface area contributed by atoms with Gasteiger partial charge in [-0.1, -0.05) is 24.3 Å². The second kappa shape index (κ2) is 9.75. The Kier molecular flexibility index (Phi) is 6.99. The number of amides is 2. The molecule has 3 aromatic rings. The Hall–Kier alpha value is -3.51. The van der Waals surface area contributed by atoms with Crippen LogP contribution < -0.4 is 0 Å². The first kappa shape index (κ1) is 26.6. The number of halogens is 6. The fraction of sp³-hybridized carbons (Fsp3) is 0.320. The molecule has 4 rings (SSSR count). The van der Waals surface area contributed by atoms with E-state index in [9.17, 15) is 46.1 Å². The topological polar surface area (TPSA) is 90.7 Å². The highest BCUT2D eigenvalue weighted by Gasteiger charge is 2.39. The average Bonchev–Trinajstić information content (AvgIpc) is 3.08. The van der Waals surface area contributed by atoms with Gasteiger partial charge in [0.15, 0.2) is 0 Å². The highest BCUT2D eigenvalue weighted by molar-refractivity contribution is 6.21. The molecule has 37 heavy (non-hydrogen) atoms. The van der Waals surface area contributed by atoms with Crippen LogP contribution in [0.5, 0.6) is 0 Å². The Balaban J connectivity index is 1.50. The summed E-state index contributed by atoms with van der Waals surface area (Å²) < 4.78 is 80.5. The lowest BCUT2D eigenvalue weighted by Crippen LogP contribution is -2.31. The summed E-state index contributed by atoms with van der Waals surface area (Å²) in [4.78, 5) is 29.0. The first-order chi connectivity index (χ1) is 17.3. The number of alkyl halides is 6. The van der Waals surface area contributed by atoms with E-state index >= 15 is 0 Å². The van der Waals surface area contributed by atoms with E-state index in [1.165, 1.54) is 12.1 Å². The van der Waals surface area contributed by atoms with Gasteiger partial charge in [0, 0.05) is 11.9 Å². The molecule has 0 saturated heterocycles. The Labute approximate surface area is 206 Å². The second-order valence-electron chi connectivity index (χ2n) is 8.61. The van der Waals surface area contributed by atoms with Gasteiger partial charge in [-0.2, -0.15) is 26.3 Å². The molecule has 0 radical (unpaired) electrons. The number of para-hydroxylation sites is 1. The van der Waals surface area contributed by atoms with Crippen LogP contribution in [-0.4, -0.2) is 44.6 Å². The van der Waals surface area contributed by atoms with Crippen molar-refractivity contribution in [1.29, 1.82) is 0 Å². The van der Waals surface area contributed by atoms with E-state index in [2.05, 4.69) is 4.98 Å². The number of aliphatic hydroxyl groups excluding tert-OH is 2. The number of nitrogens with zero attached hydrogens (tertiary/aromatic N) is 2. The molecule has 0 aliphatic carbocycles. The molecule has 0 fully saturated rings. The van der Waals surface area contributed by atoms with Crippen LogP contribution in [0.2, 0.25) is 0 Å². The molecule has 2 amide bonds. The molecule has 0 unspecified atom stereocenters. The maximum Gasteiger partial charge on any atom is 0.433 e. The van der Waals surface area contributed by atoms with Crippen molar-refractivity contribution in [2.75, 3.05) is 6.54 Å². The molecule has 1 aliphatic rings. The Morgan fingerprint density at radius 1 is 0.838 bits per heavy atom. The third kappa shape index (κ3) is 5.16. The van der Waals surface area contributed by atoms with Crippen LogP contribution in [0.4, 0.5) is 26.3 Å². The van der Waals surface area contributed by atoms with Gasteiger partial charge in [0.05, 0.1) is 28.3 Å². The minimum atomic E-state index is -5.10. The predicted molar refractivity (Wildman–Crippen MR) is 118 cm³/mol. The number of hydrogen-bond donors (Lipinski definition) is 2. The summed E-state index contributed by atoms with van der Waals surface area (Å²) in [5, 5.41) is 20.7. The molecular formula is C25H20F6N2O4. The molecule has 12 heteroatoms. The number of rotatable bonds is 7. The van der Waals surface area contributed by atoms with Crippen molar-refractivity contribution in [3.63, 3.8) is 0 Å². The van der Waals surface area contributed by atoms with E-state index in [4.69, 9.17) is 0 Å². The number of pyridine rings is 1. The number of benzene rings is 2. The number of fused-ring (bicyclic) bond motifs is 2. The van der Waals surface area contributed by atoms with E-state index in [1.54, 1.807) is 12.1 Å². The van der Waals surface area contributed by atoms with Gasteiger partial charge in [0.1, 0.15) is 11.8 Å². The van der Waals surface area contributed by atoms with Gasteiger partial charge in [0.25, 0.3) is 11.8 Å². The molecule has 0 bridgehead atoms. The SMILES string of the molecule is O=C1c2ccccc2C(=O)N1CCCC[C@H](O)[C@@H](O)c1cc(C(F)(F)F)nc2c(C(F)(F)F)cccc12. The summed E-state index contributed by atoms with van der Waals surface area (Å²) in [6, 6.07) is 9.36. The smallest absolute Gasteiger partial charge is 0.390 e. The maximum atomic E-state index is 13.4. The van der Waals surface area contributed by atoms with Gasteiger partial charge in [-0.15, -0.1) is 0 Å². The number of unbranched alkanes of at least 4 members (excludes halogenated alkanes) is 1. The molecule has 2 heterocycles. The molecule has 2 aromatic carbocycles. The van der Waals surface area contributed by atoms with Gasteiger partial charge in [0.2, 0.25) is 0 Å². The van der Waals surface area contributed by atoms with Gasteiger partial charge in [-0.25, -0.2) is 4.98 Å². The molecular weight excluding hydrogens is 506 g/mol. The van der Waals surface area contributed by atoms with Crippen molar-refractivity contribution >= 4 is 22.7 Å². The van der Waals surface area contributed by atoms with Crippen molar-refractivity contribution in [3.8, 4) is 0 Å². The van der Waals surface area contributed by atoms with Gasteiger partial charge in [-0.05, 0) is 49.1 Å². The van der Waals surface area contributed by atoms with Gasteiger partial charge < -0.3 is 10.2 Å². The first-order valence-corrected chi connectivity index (χ1v) is 11.2. The monoisotopic (exact) mass is 526 g/mol. The molecule has 1 aliphatic heterocycles. The van der Waals surface area contributed by atoms with Crippen molar-refractivity contribution in [1.82, 2.24) is 9.88 Å². The Morgan fingerprint density at radius 2 is 1.46 bits per heavy atom. The summed E-state index contributed by atoms with van der Waals surface area (Å²) >= 11 is 0. The molecule has 2 atom stereocenters. The maximum absolute atomic E-state index is 13.4. The van der Waals surface area contributed by atoms with E-state index in [0.29, 0.717) is 12.1 Å². The van der Waals surface area contributed by atoms with Gasteiger partial charge >= 0.3 is 12.4 Å². The standard InChI is InChI=1S/C25H20F6N2O4/c26-24(27,28)17-9-5-8-13-16(12-19(25(29,30)31)32-20(13)17)21(35)18(34)10-3-4-11-33-22(36)14-6-1-2-7-15(14)23(33)37/h1-2,5-9,12,18,21,34-35H,3-4,10-11H2/t18-,21-/m0/s1. The fourth-order valence-corrected chi connectivity index (χ4v) is 4.32. The number of aliphatic hydroxyl groups is 2. The number of carbonyl (C=O) groups excluding carboxylic acids is 2. The average molecular weight is 526 g/mol. The number of aromatic nitrogens is 1. The predicted octanol–water partition coefficient (Wildman–Crippen LogP) is 5.13. The van der Waals surface area contributed by atoms with E-state index in [0.717, 1.165) is 17.0 Å². The first-order valence-electron chi connectivity index (χ1n) is 11.2. The van der Waals surface area contributed by atoms with Gasteiger partial charge in [-0.3, -0.25) is 14.5 Å². The minimum absolute atomic E-state index is 0.0144. The Morgan fingerprint density at radius 3 is 2.03 bits per heavy atom. The molecule has 196 valence electrons. The summed E-state index contributed by atoms with van der Waals surface area (Å²) in [6.07, 6.45) is -13.5. The van der Waals surface area contributed by atoms with Crippen LogP contribution in [0.1, 0.15) is 62.9 Å². The van der Waals surface area contributed by atoms with Crippen LogP contribution >= 0.6 is 0 Å². The van der Waals surface area contributed by atoms with Crippen molar-refractivity contribution in [2.24, 2.45) is 0 Å². The van der Waals surface area contributed by atoms with E-state index in [-0.39, 0.29) is 42.3 Å². The van der Waals surface area contributed by atoms with Crippen molar-refractivity contribution in [3.05, 3.63) is 76.5 Å². The minimum Gasteiger partial charge on any atom is -0.390 e. The molecule has 0 saturated carbocycles. The zero-order valence-corrected chi connectivity index (χ0v) is 19.0. The lowest BCUT2D eigenvalue weighted by Gasteiger charge is -2.22. The van der Waals surface area contributed by atoms with Crippen LogP contribution in [0, 0.1) is 0 Å². The van der Waals surface area contributed by atoms with E-state index < -0.39 is 58.7 Å². The van der Waals surface area contributed by atoms with Crippen LogP contribution in [0.3, 0.4) is 0 Å². The van der Waals surface area contributed by atoms with E-state index in [1.807, 2.05) is 0 Å². The normalized spacial score (nSPS) is 15.8. The second-order valence-corrected chi connectivity index (χ2v) is 8.61. The highest BCUT2D eigenvalue weighted by Crippen LogP contribution is 2.39.